The Balaban J connectivity index is 1.63. The molecule has 1 heterocycles. The van der Waals surface area contributed by atoms with Gasteiger partial charge < -0.3 is 29.0 Å². The minimum atomic E-state index is -1.19. The van der Waals surface area contributed by atoms with Gasteiger partial charge in [0.1, 0.15) is 5.41 Å². The summed E-state index contributed by atoms with van der Waals surface area (Å²) in [5, 5.41) is 12.5. The Labute approximate surface area is 195 Å². The molecule has 1 aliphatic heterocycles. The summed E-state index contributed by atoms with van der Waals surface area (Å²) in [6.45, 7) is 2.48. The minimum Gasteiger partial charge on any atom is -0.468 e. The molecule has 1 spiro atoms. The van der Waals surface area contributed by atoms with Gasteiger partial charge in [0.2, 0.25) is 5.91 Å². The van der Waals surface area contributed by atoms with Gasteiger partial charge in [0.25, 0.3) is 0 Å². The third-order valence-electron chi connectivity index (χ3n) is 11.3. The second-order valence-electron chi connectivity index (χ2n) is 11.4. The first-order valence-corrected chi connectivity index (χ1v) is 12.5. The Kier molecular flexibility index (Phi) is 4.67. The van der Waals surface area contributed by atoms with Crippen LogP contribution in [0, 0.1) is 40.4 Å². The van der Waals surface area contributed by atoms with Crippen LogP contribution in [0.1, 0.15) is 39.0 Å². The third-order valence-corrected chi connectivity index (χ3v) is 11.3. The van der Waals surface area contributed by atoms with E-state index in [-0.39, 0.29) is 59.9 Å². The number of ether oxygens (including phenoxy) is 4. The highest BCUT2D eigenvalue weighted by Crippen LogP contribution is 2.79. The van der Waals surface area contributed by atoms with Gasteiger partial charge in [-0.3, -0.25) is 9.59 Å². The lowest BCUT2D eigenvalue weighted by atomic mass is 9.43. The predicted octanol–water partition coefficient (Wildman–Crippen LogP) is 1.24. The van der Waals surface area contributed by atoms with Gasteiger partial charge in [0, 0.05) is 63.5 Å². The molecule has 6 rings (SSSR count). The monoisotopic (exact) mass is 463 g/mol. The summed E-state index contributed by atoms with van der Waals surface area (Å²) in [7, 11) is 6.62. The number of piperidine rings is 1. The number of fused-ring (bicyclic) bond motifs is 2. The number of carbonyl (C=O) groups is 2. The molecule has 6 fully saturated rings. The molecule has 6 aliphatic rings. The van der Waals surface area contributed by atoms with E-state index < -0.39 is 22.4 Å². The average molecular weight is 464 g/mol. The molecule has 12 atom stereocenters. The Hall–Kier alpha value is -1.22. The number of carbonyl (C=O) groups excluding carboxylic acids is 2. The first-order chi connectivity index (χ1) is 15.8. The highest BCUT2D eigenvalue weighted by atomic mass is 16.5. The number of rotatable bonds is 5. The predicted molar refractivity (Wildman–Crippen MR) is 116 cm³/mol. The van der Waals surface area contributed by atoms with Crippen molar-refractivity contribution in [2.45, 2.75) is 69.0 Å². The summed E-state index contributed by atoms with van der Waals surface area (Å²) >= 11 is 0. The molecule has 6 unspecified atom stereocenters. The normalized spacial score (nSPS) is 55.6. The smallest absolute Gasteiger partial charge is 0.321 e. The van der Waals surface area contributed by atoms with Crippen LogP contribution in [0.25, 0.3) is 0 Å². The summed E-state index contributed by atoms with van der Waals surface area (Å²) in [4.78, 5) is 29.5. The van der Waals surface area contributed by atoms with Crippen LogP contribution in [0.5, 0.6) is 0 Å². The highest BCUT2D eigenvalue weighted by molar-refractivity contribution is 6.04. The molecule has 0 aromatic rings. The molecule has 5 saturated carbocycles. The van der Waals surface area contributed by atoms with Gasteiger partial charge in [0.15, 0.2) is 0 Å². The first kappa shape index (κ1) is 22.3. The van der Waals surface area contributed by atoms with Crippen LogP contribution in [-0.4, -0.2) is 86.8 Å². The van der Waals surface area contributed by atoms with E-state index >= 15 is 0 Å². The number of methoxy groups -OCH3 is 4. The number of likely N-dealkylation sites (tertiary alicyclic amines) is 1. The van der Waals surface area contributed by atoms with Crippen molar-refractivity contribution in [1.82, 2.24) is 4.90 Å². The lowest BCUT2D eigenvalue weighted by molar-refractivity contribution is -0.266. The Morgan fingerprint density at radius 1 is 1.12 bits per heavy atom. The van der Waals surface area contributed by atoms with E-state index in [9.17, 15) is 14.7 Å². The van der Waals surface area contributed by atoms with Gasteiger partial charge in [-0.05, 0) is 44.4 Å². The summed E-state index contributed by atoms with van der Waals surface area (Å²) < 4.78 is 23.6. The zero-order valence-electron chi connectivity index (χ0n) is 20.3. The van der Waals surface area contributed by atoms with Crippen molar-refractivity contribution >= 4 is 11.9 Å². The van der Waals surface area contributed by atoms with Gasteiger partial charge in [-0.25, -0.2) is 0 Å². The molecule has 7 bridgehead atoms. The molecule has 1 saturated heterocycles. The third kappa shape index (κ3) is 2.12. The summed E-state index contributed by atoms with van der Waals surface area (Å²) in [5.74, 6) is -0.655. The fraction of sp³-hybridized carbons (Fsp3) is 0.920. The lowest BCUT2D eigenvalue weighted by Crippen LogP contribution is -2.78. The van der Waals surface area contributed by atoms with Crippen LogP contribution in [0.3, 0.4) is 0 Å². The topological polar surface area (TPSA) is 94.5 Å². The van der Waals surface area contributed by atoms with Gasteiger partial charge in [-0.1, -0.05) is 0 Å². The molecule has 184 valence electrons. The van der Waals surface area contributed by atoms with Crippen LogP contribution in [-0.2, 0) is 28.5 Å². The van der Waals surface area contributed by atoms with E-state index in [1.807, 2.05) is 11.8 Å². The number of nitrogens with zero attached hydrogens (tertiary/aromatic N) is 1. The SMILES string of the molecule is CCN1C(=O)C2(C(=O)OC)CC[C@@H](OC)C34C2C[C@@H]([C@H]13)C1(O)C[C@@H](OC)[C@@H]2C[C@@H]4C1C2OC. The van der Waals surface area contributed by atoms with Crippen molar-refractivity contribution in [3.8, 4) is 0 Å². The van der Waals surface area contributed by atoms with Crippen molar-refractivity contribution in [3.05, 3.63) is 0 Å². The highest BCUT2D eigenvalue weighted by Gasteiger charge is 2.86. The molecule has 0 radical (unpaired) electrons. The molecule has 0 aromatic carbocycles. The Morgan fingerprint density at radius 3 is 2.48 bits per heavy atom. The van der Waals surface area contributed by atoms with Crippen molar-refractivity contribution in [1.29, 1.82) is 0 Å². The van der Waals surface area contributed by atoms with Crippen LogP contribution < -0.4 is 0 Å². The lowest BCUT2D eigenvalue weighted by Gasteiger charge is -2.68. The zero-order chi connectivity index (χ0) is 23.5. The van der Waals surface area contributed by atoms with Crippen LogP contribution in [0.2, 0.25) is 0 Å². The standard InChI is InChI=1S/C25H37NO7/c1-6-26-20-14-10-16-23(21(26)27,22(28)33-5)8-7-17(31-3)25(16,20)13-9-12-15(30-2)11-24(14,29)18(13)19(12)32-4/h12-20,29H,6-11H2,1-5H3/t12-,13+,14-,15+,16?,17+,18?,19?,20-,23?,24?,25?/m0/s1. The molecular weight excluding hydrogens is 426 g/mol. The summed E-state index contributed by atoms with van der Waals surface area (Å²) in [6, 6.07) is -0.152. The van der Waals surface area contributed by atoms with Crippen LogP contribution in [0.15, 0.2) is 0 Å². The molecule has 1 N–H and O–H groups in total. The quantitative estimate of drug-likeness (QED) is 0.484. The van der Waals surface area contributed by atoms with Crippen molar-refractivity contribution in [2.24, 2.45) is 40.4 Å². The zero-order valence-corrected chi connectivity index (χ0v) is 20.3. The van der Waals surface area contributed by atoms with E-state index in [0.717, 1.165) is 6.42 Å². The van der Waals surface area contributed by atoms with Crippen LogP contribution in [0.4, 0.5) is 0 Å². The number of hydrogen-bond acceptors (Lipinski definition) is 7. The van der Waals surface area contributed by atoms with E-state index in [4.69, 9.17) is 18.9 Å². The number of hydrogen-bond donors (Lipinski definition) is 1. The molecule has 1 amide bonds. The van der Waals surface area contributed by atoms with E-state index in [1.54, 1.807) is 21.3 Å². The van der Waals surface area contributed by atoms with Gasteiger partial charge in [-0.15, -0.1) is 0 Å². The molecule has 8 nitrogen and oxygen atoms in total. The maximum Gasteiger partial charge on any atom is 0.321 e. The number of esters is 1. The minimum absolute atomic E-state index is 0.0526. The maximum absolute atomic E-state index is 14.1. The van der Waals surface area contributed by atoms with E-state index in [2.05, 4.69) is 0 Å². The van der Waals surface area contributed by atoms with Gasteiger partial charge >= 0.3 is 5.97 Å². The van der Waals surface area contributed by atoms with E-state index in [0.29, 0.717) is 32.2 Å². The fourth-order valence-corrected chi connectivity index (χ4v) is 10.6. The molecule has 8 heteroatoms. The first-order valence-electron chi connectivity index (χ1n) is 12.5. The molecule has 5 aliphatic carbocycles. The Morgan fingerprint density at radius 2 is 1.88 bits per heavy atom. The second-order valence-corrected chi connectivity index (χ2v) is 11.4. The Bertz CT molecular complexity index is 881. The molecule has 33 heavy (non-hydrogen) atoms. The largest absolute Gasteiger partial charge is 0.468 e. The van der Waals surface area contributed by atoms with Gasteiger partial charge in [-0.2, -0.15) is 0 Å². The fourth-order valence-electron chi connectivity index (χ4n) is 10.6. The van der Waals surface area contributed by atoms with E-state index in [1.165, 1.54) is 7.11 Å². The van der Waals surface area contributed by atoms with Crippen molar-refractivity contribution in [2.75, 3.05) is 35.0 Å². The number of aliphatic hydroxyl groups is 1. The summed E-state index contributed by atoms with van der Waals surface area (Å²) in [6.07, 6.45) is 2.85. The molecular formula is C25H37NO7. The summed E-state index contributed by atoms with van der Waals surface area (Å²) in [5.41, 5.74) is -2.60. The maximum atomic E-state index is 14.1. The average Bonchev–Trinajstić information content (AvgIpc) is 3.30. The van der Waals surface area contributed by atoms with Crippen molar-refractivity contribution < 1.29 is 33.6 Å². The van der Waals surface area contributed by atoms with Crippen LogP contribution >= 0.6 is 0 Å². The second kappa shape index (κ2) is 6.93. The van der Waals surface area contributed by atoms with Crippen molar-refractivity contribution in [3.63, 3.8) is 0 Å². The molecule has 0 aromatic heterocycles. The number of amides is 1. The van der Waals surface area contributed by atoms with Gasteiger partial charge in [0.05, 0.1) is 31.0 Å².